The summed E-state index contributed by atoms with van der Waals surface area (Å²) in [5.41, 5.74) is 0.683. The second-order valence-electron chi connectivity index (χ2n) is 2.27. The minimum absolute atomic E-state index is 0.223. The minimum atomic E-state index is 0.223. The van der Waals surface area contributed by atoms with Crippen molar-refractivity contribution in [2.24, 2.45) is 0 Å². The van der Waals surface area contributed by atoms with Crippen LogP contribution in [0, 0.1) is 10.7 Å². The Morgan fingerprint density at radius 1 is 1.57 bits per heavy atom. The Morgan fingerprint density at radius 2 is 2.29 bits per heavy atom. The number of hydrogen-bond donors (Lipinski definition) is 0. The number of thiocyanates is 1. The number of halogens is 1. The zero-order valence-corrected chi connectivity index (χ0v) is 9.46. The van der Waals surface area contributed by atoms with Gasteiger partial charge < -0.3 is 4.74 Å². The predicted octanol–water partition coefficient (Wildman–Crippen LogP) is 3.20. The van der Waals surface area contributed by atoms with Crippen LogP contribution >= 0.6 is 35.6 Å². The summed E-state index contributed by atoms with van der Waals surface area (Å²) in [4.78, 5) is 0. The maximum Gasteiger partial charge on any atom is 0.193 e. The number of ether oxygens (including phenoxy) is 1. The van der Waals surface area contributed by atoms with E-state index in [0.29, 0.717) is 15.6 Å². The highest BCUT2D eigenvalue weighted by Gasteiger charge is 2.05. The van der Waals surface area contributed by atoms with E-state index in [9.17, 15) is 0 Å². The topological polar surface area (TPSA) is 33.0 Å². The van der Waals surface area contributed by atoms with Crippen LogP contribution in [-0.2, 0) is 4.74 Å². The van der Waals surface area contributed by atoms with E-state index < -0.39 is 0 Å². The monoisotopic (exact) mass is 243 g/mol. The first-order valence-corrected chi connectivity index (χ1v) is 5.45. The number of thioether (sulfide) groups is 1. The molecule has 0 radical (unpaired) electrons. The number of rotatable bonds is 3. The van der Waals surface area contributed by atoms with Gasteiger partial charge in [-0.1, -0.05) is 23.7 Å². The molecule has 1 rings (SSSR count). The highest BCUT2D eigenvalue weighted by molar-refractivity contribution is 8.03. The Labute approximate surface area is 96.8 Å². The SMILES string of the molecule is N#CSCOC(=S)c1ccccc1Cl. The molecular weight excluding hydrogens is 238 g/mol. The molecule has 0 aliphatic rings. The molecule has 0 aliphatic heterocycles. The van der Waals surface area contributed by atoms with Gasteiger partial charge in [0.1, 0.15) is 11.3 Å². The second-order valence-corrected chi connectivity index (χ2v) is 3.75. The Bertz CT molecular complexity index is 375. The molecule has 5 heteroatoms. The molecule has 0 unspecified atom stereocenters. The standard InChI is InChI=1S/C9H6ClNOS2/c10-8-4-2-1-3-7(8)9(13)12-6-14-5-11/h1-4H,6H2. The first-order valence-electron chi connectivity index (χ1n) is 3.68. The zero-order valence-electron chi connectivity index (χ0n) is 7.07. The van der Waals surface area contributed by atoms with Crippen molar-refractivity contribution in [1.82, 2.24) is 0 Å². The number of nitriles is 1. The Kier molecular flexibility index (Phi) is 4.74. The van der Waals surface area contributed by atoms with Crippen molar-refractivity contribution in [3.8, 4) is 5.40 Å². The molecular formula is C9H6ClNOS2. The van der Waals surface area contributed by atoms with E-state index in [0.717, 1.165) is 11.8 Å². The van der Waals surface area contributed by atoms with Crippen LogP contribution in [-0.4, -0.2) is 11.0 Å². The molecule has 14 heavy (non-hydrogen) atoms. The van der Waals surface area contributed by atoms with Crippen LogP contribution in [0.2, 0.25) is 5.02 Å². The highest BCUT2D eigenvalue weighted by atomic mass is 35.5. The van der Waals surface area contributed by atoms with E-state index in [-0.39, 0.29) is 5.94 Å². The molecule has 0 N–H and O–H groups in total. The van der Waals surface area contributed by atoms with Gasteiger partial charge in [-0.3, -0.25) is 0 Å². The van der Waals surface area contributed by atoms with Crippen LogP contribution in [0.25, 0.3) is 0 Å². The second kappa shape index (κ2) is 5.86. The summed E-state index contributed by atoms with van der Waals surface area (Å²) in [6.07, 6.45) is 0. The molecule has 0 saturated heterocycles. The lowest BCUT2D eigenvalue weighted by molar-refractivity contribution is 0.394. The van der Waals surface area contributed by atoms with Crippen LogP contribution in [0.3, 0.4) is 0 Å². The third-order valence-electron chi connectivity index (χ3n) is 1.41. The van der Waals surface area contributed by atoms with E-state index in [1.54, 1.807) is 12.1 Å². The summed E-state index contributed by atoms with van der Waals surface area (Å²) in [7, 11) is 0. The fraction of sp³-hybridized carbons (Fsp3) is 0.111. The van der Waals surface area contributed by atoms with E-state index in [1.165, 1.54) is 0 Å². The Balaban J connectivity index is 2.62. The van der Waals surface area contributed by atoms with Crippen molar-refractivity contribution in [2.45, 2.75) is 0 Å². The van der Waals surface area contributed by atoms with Gasteiger partial charge in [0.25, 0.3) is 0 Å². The largest absolute Gasteiger partial charge is 0.471 e. The molecule has 1 aromatic rings. The van der Waals surface area contributed by atoms with Gasteiger partial charge in [0.05, 0.1) is 5.02 Å². The number of hydrogen-bond acceptors (Lipinski definition) is 4. The molecule has 2 nitrogen and oxygen atoms in total. The fourth-order valence-corrected chi connectivity index (χ4v) is 1.63. The van der Waals surface area contributed by atoms with Gasteiger partial charge >= 0.3 is 0 Å². The van der Waals surface area contributed by atoms with Crippen LogP contribution < -0.4 is 0 Å². The molecule has 0 spiro atoms. The van der Waals surface area contributed by atoms with Crippen molar-refractivity contribution in [2.75, 3.05) is 5.94 Å². The maximum atomic E-state index is 8.27. The fourth-order valence-electron chi connectivity index (χ4n) is 0.814. The molecule has 1 aromatic carbocycles. The molecule has 0 heterocycles. The normalized spacial score (nSPS) is 9.14. The molecule has 0 aliphatic carbocycles. The molecule has 0 aromatic heterocycles. The average Bonchev–Trinajstić information content (AvgIpc) is 2.18. The number of benzene rings is 1. The van der Waals surface area contributed by atoms with Gasteiger partial charge in [-0.05, 0) is 36.1 Å². The summed E-state index contributed by atoms with van der Waals surface area (Å²) in [6, 6.07) is 7.17. The third kappa shape index (κ3) is 3.18. The number of nitrogens with zero attached hydrogens (tertiary/aromatic N) is 1. The van der Waals surface area contributed by atoms with Crippen molar-refractivity contribution in [1.29, 1.82) is 5.26 Å². The molecule has 0 atom stereocenters. The van der Waals surface area contributed by atoms with Crippen LogP contribution in [0.4, 0.5) is 0 Å². The summed E-state index contributed by atoms with van der Waals surface area (Å²) in [5, 5.41) is 11.0. The first-order chi connectivity index (χ1) is 6.75. The zero-order chi connectivity index (χ0) is 10.4. The van der Waals surface area contributed by atoms with E-state index >= 15 is 0 Å². The summed E-state index contributed by atoms with van der Waals surface area (Å²) in [5.74, 6) is 0.223. The number of thiocarbonyl (C=S) groups is 1. The van der Waals surface area contributed by atoms with Crippen LogP contribution in [0.5, 0.6) is 0 Å². The lowest BCUT2D eigenvalue weighted by Gasteiger charge is -2.05. The van der Waals surface area contributed by atoms with Gasteiger partial charge in [0.15, 0.2) is 5.05 Å². The van der Waals surface area contributed by atoms with Crippen molar-refractivity contribution in [3.05, 3.63) is 34.9 Å². The van der Waals surface area contributed by atoms with E-state index in [2.05, 4.69) is 0 Å². The first kappa shape index (κ1) is 11.3. The van der Waals surface area contributed by atoms with Gasteiger partial charge in [-0.15, -0.1) is 0 Å². The predicted molar refractivity (Wildman–Crippen MR) is 62.3 cm³/mol. The molecule has 72 valence electrons. The quantitative estimate of drug-likeness (QED) is 0.353. The molecule has 0 amide bonds. The maximum absolute atomic E-state index is 8.27. The molecule has 0 saturated carbocycles. The third-order valence-corrected chi connectivity index (χ3v) is 2.44. The van der Waals surface area contributed by atoms with Crippen molar-refractivity contribution < 1.29 is 4.74 Å². The van der Waals surface area contributed by atoms with E-state index in [1.807, 2.05) is 17.5 Å². The molecule has 0 fully saturated rings. The lowest BCUT2D eigenvalue weighted by atomic mass is 10.2. The van der Waals surface area contributed by atoms with Crippen molar-refractivity contribution in [3.63, 3.8) is 0 Å². The summed E-state index contributed by atoms with van der Waals surface area (Å²) < 4.78 is 5.14. The Hall–Kier alpha value is -0.760. The average molecular weight is 244 g/mol. The summed E-state index contributed by atoms with van der Waals surface area (Å²) >= 11 is 11.9. The van der Waals surface area contributed by atoms with Gasteiger partial charge in [0, 0.05) is 5.56 Å². The summed E-state index contributed by atoms with van der Waals surface area (Å²) in [6.45, 7) is 0. The van der Waals surface area contributed by atoms with Crippen LogP contribution in [0.1, 0.15) is 5.56 Å². The van der Waals surface area contributed by atoms with Crippen molar-refractivity contribution >= 4 is 40.6 Å². The van der Waals surface area contributed by atoms with E-state index in [4.69, 9.17) is 33.8 Å². The van der Waals surface area contributed by atoms with Gasteiger partial charge in [0.2, 0.25) is 0 Å². The Morgan fingerprint density at radius 3 is 2.93 bits per heavy atom. The van der Waals surface area contributed by atoms with Gasteiger partial charge in [-0.2, -0.15) is 5.26 Å². The highest BCUT2D eigenvalue weighted by Crippen LogP contribution is 2.17. The lowest BCUT2D eigenvalue weighted by Crippen LogP contribution is -2.03. The molecule has 0 bridgehead atoms. The smallest absolute Gasteiger partial charge is 0.193 e. The van der Waals surface area contributed by atoms with Crippen LogP contribution in [0.15, 0.2) is 24.3 Å². The minimum Gasteiger partial charge on any atom is -0.471 e. The van der Waals surface area contributed by atoms with Gasteiger partial charge in [-0.25, -0.2) is 0 Å².